The van der Waals surface area contributed by atoms with Gasteiger partial charge in [-0.05, 0) is 57.9 Å². The van der Waals surface area contributed by atoms with Crippen molar-refractivity contribution in [3.63, 3.8) is 0 Å². The monoisotopic (exact) mass is 708 g/mol. The van der Waals surface area contributed by atoms with Crippen LogP contribution in [0, 0.1) is 6.92 Å². The van der Waals surface area contributed by atoms with E-state index in [1.54, 1.807) is 43.4 Å². The van der Waals surface area contributed by atoms with Crippen LogP contribution in [0.4, 0.5) is 10.5 Å². The van der Waals surface area contributed by atoms with E-state index < -0.39 is 0 Å². The van der Waals surface area contributed by atoms with Gasteiger partial charge in [-0.1, -0.05) is 65.5 Å². The molecule has 0 bridgehead atoms. The molecule has 1 aliphatic rings. The first-order valence-electron chi connectivity index (χ1n) is 14.6. The summed E-state index contributed by atoms with van der Waals surface area (Å²) < 4.78 is 14.6. The summed E-state index contributed by atoms with van der Waals surface area (Å²) in [5.41, 5.74) is 3.51. The molecular formula is C32H36Cl4N6O4. The van der Waals surface area contributed by atoms with Crippen LogP contribution in [0.25, 0.3) is 0 Å². The molecule has 0 saturated carbocycles. The Morgan fingerprint density at radius 1 is 1.13 bits per heavy atom. The number of nitrogens with zero attached hydrogens (tertiary/aromatic N) is 5. The average molecular weight is 710 g/mol. The van der Waals surface area contributed by atoms with Crippen molar-refractivity contribution in [3.8, 4) is 5.75 Å². The van der Waals surface area contributed by atoms with Gasteiger partial charge in [0.05, 0.1) is 39.6 Å². The number of hydrogen-bond donors (Lipinski definition) is 1. The summed E-state index contributed by atoms with van der Waals surface area (Å²) in [4.78, 5) is 30.5. The Morgan fingerprint density at radius 2 is 1.83 bits per heavy atom. The van der Waals surface area contributed by atoms with Crippen molar-refractivity contribution >= 4 is 64.0 Å². The van der Waals surface area contributed by atoms with Gasteiger partial charge < -0.3 is 19.7 Å². The molecule has 1 aliphatic heterocycles. The van der Waals surface area contributed by atoms with Crippen LogP contribution in [0.1, 0.15) is 67.4 Å². The highest BCUT2D eigenvalue weighted by atomic mass is 35.5. The van der Waals surface area contributed by atoms with Gasteiger partial charge in [-0.3, -0.25) is 14.0 Å². The van der Waals surface area contributed by atoms with Crippen molar-refractivity contribution in [2.24, 2.45) is 7.05 Å². The quantitative estimate of drug-likeness (QED) is 0.197. The molecule has 46 heavy (non-hydrogen) atoms. The number of hydrogen-bond acceptors (Lipinski definition) is 6. The summed E-state index contributed by atoms with van der Waals surface area (Å²) in [5, 5.41) is 8.60. The molecule has 10 nitrogen and oxygen atoms in total. The van der Waals surface area contributed by atoms with E-state index in [4.69, 9.17) is 55.9 Å². The SMILES string of the molecule is CCCN(CCOc1c(Cl)cc(Cl)cc1Cl)C(=O)n1ccnc1.Cc1nn(C)c(Cl)c1C(=O)Nc1cccc2c1C(C)OC2(C)C. The Bertz CT molecular complexity index is 1680. The van der Waals surface area contributed by atoms with Crippen LogP contribution in [0.15, 0.2) is 49.1 Å². The molecule has 2 aromatic carbocycles. The second-order valence-electron chi connectivity index (χ2n) is 11.2. The molecular weight excluding hydrogens is 674 g/mol. The van der Waals surface area contributed by atoms with Crippen LogP contribution in [0.3, 0.4) is 0 Å². The van der Waals surface area contributed by atoms with E-state index in [0.29, 0.717) is 50.3 Å². The van der Waals surface area contributed by atoms with Crippen molar-refractivity contribution in [1.29, 1.82) is 0 Å². The summed E-state index contributed by atoms with van der Waals surface area (Å²) in [5.74, 6) is 0.107. The fraction of sp³-hybridized carbons (Fsp3) is 0.375. The van der Waals surface area contributed by atoms with Gasteiger partial charge in [-0.15, -0.1) is 0 Å². The minimum atomic E-state index is -0.364. The lowest BCUT2D eigenvalue weighted by molar-refractivity contribution is -0.0433. The first-order valence-corrected chi connectivity index (χ1v) is 16.1. The first-order chi connectivity index (χ1) is 21.7. The number of benzene rings is 2. The van der Waals surface area contributed by atoms with Crippen LogP contribution in [0.2, 0.25) is 20.2 Å². The predicted molar refractivity (Wildman–Crippen MR) is 182 cm³/mol. The van der Waals surface area contributed by atoms with E-state index in [1.807, 2.05) is 45.9 Å². The third kappa shape index (κ3) is 7.98. The lowest BCUT2D eigenvalue weighted by atomic mass is 9.93. The fourth-order valence-electron chi connectivity index (χ4n) is 5.31. The first kappa shape index (κ1) is 35.6. The molecule has 1 atom stereocenters. The molecule has 1 N–H and O–H groups in total. The van der Waals surface area contributed by atoms with E-state index in [1.165, 1.54) is 15.6 Å². The molecule has 0 radical (unpaired) electrons. The molecule has 0 spiro atoms. The van der Waals surface area contributed by atoms with Crippen LogP contribution >= 0.6 is 46.4 Å². The number of imidazole rings is 1. The molecule has 0 saturated heterocycles. The Labute approximate surface area is 288 Å². The molecule has 5 rings (SSSR count). The van der Waals surface area contributed by atoms with E-state index in [9.17, 15) is 9.59 Å². The second kappa shape index (κ2) is 15.1. The Balaban J connectivity index is 0.000000209. The number of halogens is 4. The lowest BCUT2D eigenvalue weighted by Gasteiger charge is -2.22. The zero-order valence-electron chi connectivity index (χ0n) is 26.4. The van der Waals surface area contributed by atoms with Crippen molar-refractivity contribution in [1.82, 2.24) is 24.2 Å². The largest absolute Gasteiger partial charge is 0.489 e. The number of aromatic nitrogens is 4. The predicted octanol–water partition coefficient (Wildman–Crippen LogP) is 8.56. The van der Waals surface area contributed by atoms with Crippen molar-refractivity contribution in [2.45, 2.75) is 52.7 Å². The minimum Gasteiger partial charge on any atom is -0.489 e. The summed E-state index contributed by atoms with van der Waals surface area (Å²) in [7, 11) is 1.71. The number of fused-ring (bicyclic) bond motifs is 1. The average Bonchev–Trinajstić information content (AvgIpc) is 3.66. The molecule has 0 fully saturated rings. The zero-order valence-corrected chi connectivity index (χ0v) is 29.4. The fourth-order valence-corrected chi connectivity index (χ4v) is 6.49. The minimum absolute atomic E-state index is 0.0815. The summed E-state index contributed by atoms with van der Waals surface area (Å²) in [6.07, 6.45) is 5.40. The standard InChI is InChI=1S/C17H20ClN3O2.C15H16Cl3N3O2/c1-9-13(15(18)21(5)20-9)16(22)19-12-8-6-7-11-14(12)10(2)23-17(11,3)4;1-2-4-20(15(22)21-5-3-19-10-21)6-7-23-14-12(17)8-11(16)9-13(14)18/h6-8,10H,1-5H3,(H,19,22);3,5,8-10H,2,4,6-7H2,1H3. The van der Waals surface area contributed by atoms with Gasteiger partial charge in [0.25, 0.3) is 5.91 Å². The van der Waals surface area contributed by atoms with Crippen LogP contribution < -0.4 is 10.1 Å². The lowest BCUT2D eigenvalue weighted by Crippen LogP contribution is -2.37. The van der Waals surface area contributed by atoms with Gasteiger partial charge in [0.1, 0.15) is 18.1 Å². The normalized spacial score (nSPS) is 14.7. The zero-order chi connectivity index (χ0) is 33.8. The number of anilines is 1. The third-order valence-corrected chi connectivity index (χ3v) is 8.53. The Hall–Kier alpha value is -3.28. The number of carbonyl (C=O) groups excluding carboxylic acids is 2. The van der Waals surface area contributed by atoms with Gasteiger partial charge in [0.15, 0.2) is 5.75 Å². The van der Waals surface area contributed by atoms with E-state index in [-0.39, 0.29) is 30.3 Å². The maximum absolute atomic E-state index is 12.6. The van der Waals surface area contributed by atoms with Gasteiger partial charge in [-0.2, -0.15) is 5.10 Å². The van der Waals surface area contributed by atoms with Crippen LogP contribution in [-0.2, 0) is 17.4 Å². The van der Waals surface area contributed by atoms with Crippen LogP contribution in [-0.4, -0.2) is 55.9 Å². The highest BCUT2D eigenvalue weighted by Crippen LogP contribution is 2.46. The Morgan fingerprint density at radius 3 is 2.41 bits per heavy atom. The maximum atomic E-state index is 12.6. The van der Waals surface area contributed by atoms with Crippen LogP contribution in [0.5, 0.6) is 5.75 Å². The van der Waals surface area contributed by atoms with E-state index in [0.717, 1.165) is 23.2 Å². The van der Waals surface area contributed by atoms with Gasteiger partial charge >= 0.3 is 6.03 Å². The number of rotatable bonds is 8. The van der Waals surface area contributed by atoms with Gasteiger partial charge in [0, 0.05) is 42.3 Å². The molecule has 2 amide bonds. The van der Waals surface area contributed by atoms with Crippen molar-refractivity contribution < 1.29 is 19.1 Å². The molecule has 4 aromatic rings. The number of amides is 2. The summed E-state index contributed by atoms with van der Waals surface area (Å²) in [6, 6.07) is 8.82. The maximum Gasteiger partial charge on any atom is 0.329 e. The molecule has 1 unspecified atom stereocenters. The number of aryl methyl sites for hydroxylation is 2. The van der Waals surface area contributed by atoms with E-state index >= 15 is 0 Å². The summed E-state index contributed by atoms with van der Waals surface area (Å²) in [6.45, 7) is 11.1. The summed E-state index contributed by atoms with van der Waals surface area (Å²) >= 11 is 24.2. The molecule has 2 aromatic heterocycles. The van der Waals surface area contributed by atoms with Gasteiger partial charge in [-0.25, -0.2) is 9.78 Å². The third-order valence-electron chi connectivity index (χ3n) is 7.32. The second-order valence-corrected chi connectivity index (χ2v) is 12.8. The molecule has 3 heterocycles. The number of nitrogens with one attached hydrogen (secondary N) is 1. The highest BCUT2D eigenvalue weighted by Gasteiger charge is 2.37. The Kier molecular flexibility index (Phi) is 11.7. The highest BCUT2D eigenvalue weighted by molar-refractivity contribution is 6.40. The number of carbonyl (C=O) groups is 2. The molecule has 14 heteroatoms. The van der Waals surface area contributed by atoms with Crippen molar-refractivity contribution in [2.75, 3.05) is 25.0 Å². The topological polar surface area (TPSA) is 104 Å². The van der Waals surface area contributed by atoms with Gasteiger partial charge in [0.2, 0.25) is 0 Å². The van der Waals surface area contributed by atoms with Crippen molar-refractivity contribution in [3.05, 3.63) is 91.7 Å². The van der Waals surface area contributed by atoms with E-state index in [2.05, 4.69) is 15.4 Å². The number of ether oxygens (including phenoxy) is 2. The smallest absolute Gasteiger partial charge is 0.329 e. The molecule has 0 aliphatic carbocycles. The molecule has 246 valence electrons.